The van der Waals surface area contributed by atoms with Gasteiger partial charge in [0.2, 0.25) is 0 Å². The van der Waals surface area contributed by atoms with Gasteiger partial charge in [0.25, 0.3) is 0 Å². The van der Waals surface area contributed by atoms with Crippen LogP contribution in [0.2, 0.25) is 0 Å². The quantitative estimate of drug-likeness (QED) is 0.672. The molecule has 13 heavy (non-hydrogen) atoms. The van der Waals surface area contributed by atoms with Gasteiger partial charge in [-0.15, -0.1) is 0 Å². The molecule has 0 radical (unpaired) electrons. The molecule has 1 heterocycles. The number of likely N-dealkylation sites (N-methyl/N-ethyl adjacent to an activating group) is 1. The average molecular weight is 183 g/mol. The average Bonchev–Trinajstić information content (AvgIpc) is 2.90. The lowest BCUT2D eigenvalue weighted by Gasteiger charge is -2.36. The van der Waals surface area contributed by atoms with Crippen LogP contribution in [0.4, 0.5) is 0 Å². The number of nitrogens with zero attached hydrogens (tertiary/aromatic N) is 2. The third-order valence-corrected chi connectivity index (χ3v) is 3.26. The first kappa shape index (κ1) is 8.81. The molecule has 2 rings (SSSR count). The molecule has 0 spiro atoms. The van der Waals surface area contributed by atoms with Crippen molar-refractivity contribution in [3.8, 4) is 0 Å². The van der Waals surface area contributed by atoms with Gasteiger partial charge in [0.05, 0.1) is 18.7 Å². The van der Waals surface area contributed by atoms with E-state index in [2.05, 4.69) is 9.89 Å². The molecule has 74 valence electrons. The van der Waals surface area contributed by atoms with Crippen molar-refractivity contribution in [2.75, 3.05) is 27.3 Å². The number of ether oxygens (including phenoxy) is 1. The van der Waals surface area contributed by atoms with Gasteiger partial charge in [-0.05, 0) is 18.8 Å². The van der Waals surface area contributed by atoms with E-state index in [0.29, 0.717) is 5.96 Å². The number of guanidine groups is 1. The zero-order valence-electron chi connectivity index (χ0n) is 8.29. The Hall–Kier alpha value is -0.770. The van der Waals surface area contributed by atoms with Crippen LogP contribution in [0.1, 0.15) is 12.8 Å². The van der Waals surface area contributed by atoms with Crippen LogP contribution in [0.3, 0.4) is 0 Å². The van der Waals surface area contributed by atoms with E-state index < -0.39 is 0 Å². The summed E-state index contributed by atoms with van der Waals surface area (Å²) in [5, 5.41) is 0. The Morgan fingerprint density at radius 2 is 2.38 bits per heavy atom. The second kappa shape index (κ2) is 2.87. The van der Waals surface area contributed by atoms with E-state index in [1.807, 2.05) is 7.05 Å². The molecule has 0 saturated heterocycles. The van der Waals surface area contributed by atoms with Gasteiger partial charge < -0.3 is 15.4 Å². The van der Waals surface area contributed by atoms with Crippen molar-refractivity contribution in [3.05, 3.63) is 0 Å². The van der Waals surface area contributed by atoms with Crippen LogP contribution in [0, 0.1) is 5.92 Å². The van der Waals surface area contributed by atoms with E-state index in [1.54, 1.807) is 7.11 Å². The number of aliphatic imine (C=N–C) groups is 1. The first-order chi connectivity index (χ1) is 6.20. The number of nitrogens with two attached hydrogens (primary N) is 1. The van der Waals surface area contributed by atoms with Crippen molar-refractivity contribution in [1.29, 1.82) is 0 Å². The standard InChI is InChI=1S/C9H17N3O/c1-12-8(10)11-5-9(12,6-13-2)7-3-4-7/h7H,3-6H2,1-2H3,(H2,10,11). The van der Waals surface area contributed by atoms with Crippen molar-refractivity contribution in [2.24, 2.45) is 16.6 Å². The molecular formula is C9H17N3O. The lowest BCUT2D eigenvalue weighted by atomic mass is 9.94. The Morgan fingerprint density at radius 3 is 2.77 bits per heavy atom. The Balaban J connectivity index is 2.15. The van der Waals surface area contributed by atoms with Crippen LogP contribution in [0.15, 0.2) is 4.99 Å². The largest absolute Gasteiger partial charge is 0.382 e. The lowest BCUT2D eigenvalue weighted by Crippen LogP contribution is -2.54. The molecule has 1 aliphatic carbocycles. The molecule has 0 bridgehead atoms. The monoisotopic (exact) mass is 183 g/mol. The van der Waals surface area contributed by atoms with E-state index >= 15 is 0 Å². The molecule has 1 unspecified atom stereocenters. The summed E-state index contributed by atoms with van der Waals surface area (Å²) in [6.07, 6.45) is 2.58. The smallest absolute Gasteiger partial charge is 0.191 e. The highest BCUT2D eigenvalue weighted by Gasteiger charge is 2.51. The second-order valence-electron chi connectivity index (χ2n) is 4.04. The van der Waals surface area contributed by atoms with Gasteiger partial charge in [-0.1, -0.05) is 0 Å². The second-order valence-corrected chi connectivity index (χ2v) is 4.04. The van der Waals surface area contributed by atoms with Crippen molar-refractivity contribution in [2.45, 2.75) is 18.4 Å². The normalized spacial score (nSPS) is 33.7. The topological polar surface area (TPSA) is 50.9 Å². The van der Waals surface area contributed by atoms with Gasteiger partial charge in [0, 0.05) is 14.2 Å². The first-order valence-electron chi connectivity index (χ1n) is 4.73. The molecular weight excluding hydrogens is 166 g/mol. The van der Waals surface area contributed by atoms with Gasteiger partial charge in [0.15, 0.2) is 5.96 Å². The number of rotatable bonds is 3. The molecule has 0 aromatic carbocycles. The molecule has 4 heteroatoms. The summed E-state index contributed by atoms with van der Waals surface area (Å²) >= 11 is 0. The Kier molecular flexibility index (Phi) is 1.95. The number of hydrogen-bond acceptors (Lipinski definition) is 4. The highest BCUT2D eigenvalue weighted by atomic mass is 16.5. The van der Waals surface area contributed by atoms with E-state index in [4.69, 9.17) is 10.5 Å². The minimum atomic E-state index is 0.0683. The molecule has 0 amide bonds. The van der Waals surface area contributed by atoms with E-state index in [1.165, 1.54) is 12.8 Å². The highest BCUT2D eigenvalue weighted by molar-refractivity contribution is 5.80. The molecule has 4 nitrogen and oxygen atoms in total. The molecule has 2 N–H and O–H groups in total. The van der Waals surface area contributed by atoms with E-state index in [9.17, 15) is 0 Å². The van der Waals surface area contributed by atoms with Crippen molar-refractivity contribution in [3.63, 3.8) is 0 Å². The fourth-order valence-corrected chi connectivity index (χ4v) is 2.19. The molecule has 0 aromatic heterocycles. The Morgan fingerprint density at radius 1 is 1.69 bits per heavy atom. The maximum Gasteiger partial charge on any atom is 0.191 e. The number of methoxy groups -OCH3 is 1. The summed E-state index contributed by atoms with van der Waals surface area (Å²) in [5.41, 5.74) is 5.84. The van der Waals surface area contributed by atoms with Crippen LogP contribution in [-0.4, -0.2) is 43.7 Å². The fraction of sp³-hybridized carbons (Fsp3) is 0.889. The molecule has 1 atom stereocenters. The third-order valence-electron chi connectivity index (χ3n) is 3.26. The van der Waals surface area contributed by atoms with Crippen LogP contribution in [-0.2, 0) is 4.74 Å². The van der Waals surface area contributed by atoms with Crippen molar-refractivity contribution < 1.29 is 4.74 Å². The van der Waals surface area contributed by atoms with Crippen LogP contribution in [0.25, 0.3) is 0 Å². The fourth-order valence-electron chi connectivity index (χ4n) is 2.19. The summed E-state index contributed by atoms with van der Waals surface area (Å²) in [6.45, 7) is 1.53. The van der Waals surface area contributed by atoms with Gasteiger partial charge >= 0.3 is 0 Å². The maximum absolute atomic E-state index is 5.77. The zero-order valence-corrected chi connectivity index (χ0v) is 8.29. The summed E-state index contributed by atoms with van der Waals surface area (Å²) in [6, 6.07) is 0. The molecule has 0 aromatic rings. The summed E-state index contributed by atoms with van der Waals surface area (Å²) < 4.78 is 5.28. The summed E-state index contributed by atoms with van der Waals surface area (Å²) in [4.78, 5) is 6.38. The van der Waals surface area contributed by atoms with Crippen molar-refractivity contribution in [1.82, 2.24) is 4.90 Å². The molecule has 1 fully saturated rings. The van der Waals surface area contributed by atoms with Gasteiger partial charge in [-0.3, -0.25) is 4.99 Å². The van der Waals surface area contributed by atoms with E-state index in [-0.39, 0.29) is 5.54 Å². The summed E-state index contributed by atoms with van der Waals surface area (Å²) in [7, 11) is 3.76. The third kappa shape index (κ3) is 1.20. The van der Waals surface area contributed by atoms with Crippen LogP contribution in [0.5, 0.6) is 0 Å². The summed E-state index contributed by atoms with van der Waals surface area (Å²) in [5.74, 6) is 1.38. The lowest BCUT2D eigenvalue weighted by molar-refractivity contribution is 0.0625. The predicted octanol–water partition coefficient (Wildman–Crippen LogP) is 0.0417. The van der Waals surface area contributed by atoms with Crippen LogP contribution >= 0.6 is 0 Å². The molecule has 1 aliphatic heterocycles. The van der Waals surface area contributed by atoms with Gasteiger partial charge in [-0.25, -0.2) is 0 Å². The molecule has 2 aliphatic rings. The minimum Gasteiger partial charge on any atom is -0.382 e. The van der Waals surface area contributed by atoms with Gasteiger partial charge in [-0.2, -0.15) is 0 Å². The minimum absolute atomic E-state index is 0.0683. The Bertz CT molecular complexity index is 237. The maximum atomic E-state index is 5.77. The highest BCUT2D eigenvalue weighted by Crippen LogP contribution is 2.44. The molecule has 1 saturated carbocycles. The first-order valence-corrected chi connectivity index (χ1v) is 4.73. The predicted molar refractivity (Wildman–Crippen MR) is 51.6 cm³/mol. The van der Waals surface area contributed by atoms with Crippen LogP contribution < -0.4 is 5.73 Å². The Labute approximate surface area is 78.8 Å². The van der Waals surface area contributed by atoms with E-state index in [0.717, 1.165) is 19.1 Å². The SMILES string of the molecule is COCC1(C2CC2)CN=C(N)N1C. The zero-order chi connectivity index (χ0) is 9.47. The number of hydrogen-bond donors (Lipinski definition) is 1. The van der Waals surface area contributed by atoms with Crippen molar-refractivity contribution >= 4 is 5.96 Å². The van der Waals surface area contributed by atoms with Gasteiger partial charge in [0.1, 0.15) is 0 Å².